The van der Waals surface area contributed by atoms with Crippen LogP contribution in [0.2, 0.25) is 0 Å². The van der Waals surface area contributed by atoms with Crippen molar-refractivity contribution < 1.29 is 4.39 Å². The van der Waals surface area contributed by atoms with Crippen LogP contribution in [0.1, 0.15) is 17.2 Å². The maximum Gasteiger partial charge on any atom is 0.127 e. The average molecular weight is 279 g/mol. The van der Waals surface area contributed by atoms with Crippen molar-refractivity contribution in [1.82, 2.24) is 5.32 Å². The Bertz CT molecular complexity index is 751. The topological polar surface area (TPSA) is 12.0 Å². The molecule has 0 radical (unpaired) electrons. The lowest BCUT2D eigenvalue weighted by molar-refractivity contribution is 0.534. The van der Waals surface area contributed by atoms with Gasteiger partial charge in [-0.15, -0.1) is 0 Å². The van der Waals surface area contributed by atoms with Crippen LogP contribution < -0.4 is 5.32 Å². The molecule has 0 heterocycles. The second-order valence-corrected chi connectivity index (χ2v) is 5.25. The van der Waals surface area contributed by atoms with Gasteiger partial charge in [-0.3, -0.25) is 0 Å². The number of likely N-dealkylation sites (N-methyl/N-ethyl adjacent to an activating group) is 1. The molecule has 0 aliphatic carbocycles. The molecule has 0 fully saturated rings. The quantitative estimate of drug-likeness (QED) is 0.742. The summed E-state index contributed by atoms with van der Waals surface area (Å²) >= 11 is 0. The van der Waals surface area contributed by atoms with Gasteiger partial charge in [0.05, 0.1) is 0 Å². The summed E-state index contributed by atoms with van der Waals surface area (Å²) < 4.78 is 13.9. The molecule has 1 N–H and O–H groups in total. The fraction of sp³-hybridized carbons (Fsp3) is 0.158. The summed E-state index contributed by atoms with van der Waals surface area (Å²) in [5, 5.41) is 5.67. The van der Waals surface area contributed by atoms with Gasteiger partial charge in [0.25, 0.3) is 0 Å². The minimum Gasteiger partial charge on any atom is -0.313 e. The number of nitrogens with one attached hydrogen (secondary N) is 1. The Balaban J connectivity index is 1.90. The van der Waals surface area contributed by atoms with E-state index in [0.717, 1.165) is 6.42 Å². The Labute approximate surface area is 124 Å². The van der Waals surface area contributed by atoms with E-state index in [4.69, 9.17) is 0 Å². The number of hydrogen-bond acceptors (Lipinski definition) is 1. The lowest BCUT2D eigenvalue weighted by Gasteiger charge is -2.17. The Morgan fingerprint density at radius 3 is 2.38 bits per heavy atom. The van der Waals surface area contributed by atoms with Crippen LogP contribution in [0, 0.1) is 5.82 Å². The summed E-state index contributed by atoms with van der Waals surface area (Å²) in [6.07, 6.45) is 0.766. The average Bonchev–Trinajstić information content (AvgIpc) is 2.53. The lowest BCUT2D eigenvalue weighted by Crippen LogP contribution is -2.20. The molecule has 0 aliphatic rings. The molecule has 1 atom stereocenters. The van der Waals surface area contributed by atoms with Crippen molar-refractivity contribution >= 4 is 10.8 Å². The number of halogens is 1. The standard InChI is InChI=1S/C19H18FN/c1-21-19(17-8-4-5-9-18(17)20)13-14-10-11-15-6-2-3-7-16(15)12-14/h2-12,19,21H,13H2,1H3. The molecule has 0 aliphatic heterocycles. The van der Waals surface area contributed by atoms with Crippen molar-refractivity contribution in [3.05, 3.63) is 83.7 Å². The van der Waals surface area contributed by atoms with Crippen LogP contribution in [-0.4, -0.2) is 7.05 Å². The first-order valence-corrected chi connectivity index (χ1v) is 7.17. The third-order valence-corrected chi connectivity index (χ3v) is 3.88. The van der Waals surface area contributed by atoms with Gasteiger partial charge >= 0.3 is 0 Å². The summed E-state index contributed by atoms with van der Waals surface area (Å²) in [4.78, 5) is 0. The molecule has 0 bridgehead atoms. The van der Waals surface area contributed by atoms with Gasteiger partial charge in [-0.1, -0.05) is 60.7 Å². The molecule has 106 valence electrons. The Hall–Kier alpha value is -2.19. The molecule has 3 aromatic rings. The van der Waals surface area contributed by atoms with E-state index in [1.807, 2.05) is 31.3 Å². The predicted octanol–water partition coefficient (Wildman–Crippen LogP) is 4.48. The van der Waals surface area contributed by atoms with E-state index in [9.17, 15) is 4.39 Å². The molecule has 0 saturated carbocycles. The van der Waals surface area contributed by atoms with E-state index >= 15 is 0 Å². The zero-order valence-corrected chi connectivity index (χ0v) is 12.0. The highest BCUT2D eigenvalue weighted by atomic mass is 19.1. The highest BCUT2D eigenvalue weighted by molar-refractivity contribution is 5.83. The minimum absolute atomic E-state index is 0.0210. The molecular weight excluding hydrogens is 261 g/mol. The normalized spacial score (nSPS) is 12.5. The smallest absolute Gasteiger partial charge is 0.127 e. The minimum atomic E-state index is -0.155. The summed E-state index contributed by atoms with van der Waals surface area (Å²) in [5.74, 6) is -0.155. The first kappa shape index (κ1) is 13.8. The van der Waals surface area contributed by atoms with Crippen molar-refractivity contribution in [1.29, 1.82) is 0 Å². The highest BCUT2D eigenvalue weighted by Crippen LogP contribution is 2.23. The van der Waals surface area contributed by atoms with Crippen LogP contribution in [0.3, 0.4) is 0 Å². The van der Waals surface area contributed by atoms with Crippen LogP contribution in [0.5, 0.6) is 0 Å². The Morgan fingerprint density at radius 2 is 1.62 bits per heavy atom. The SMILES string of the molecule is CNC(Cc1ccc2ccccc2c1)c1ccccc1F. The first-order chi connectivity index (χ1) is 10.3. The van der Waals surface area contributed by atoms with Gasteiger partial charge in [0.15, 0.2) is 0 Å². The molecule has 2 heteroatoms. The predicted molar refractivity (Wildman–Crippen MR) is 85.9 cm³/mol. The Kier molecular flexibility index (Phi) is 3.98. The van der Waals surface area contributed by atoms with E-state index in [1.54, 1.807) is 6.07 Å². The summed E-state index contributed by atoms with van der Waals surface area (Å²) in [5.41, 5.74) is 1.92. The van der Waals surface area contributed by atoms with Crippen LogP contribution >= 0.6 is 0 Å². The van der Waals surface area contributed by atoms with Crippen LogP contribution in [0.4, 0.5) is 4.39 Å². The number of hydrogen-bond donors (Lipinski definition) is 1. The molecule has 3 rings (SSSR count). The second kappa shape index (κ2) is 6.06. The van der Waals surface area contributed by atoms with E-state index in [2.05, 4.69) is 35.6 Å². The maximum atomic E-state index is 13.9. The molecule has 1 unspecified atom stereocenters. The lowest BCUT2D eigenvalue weighted by atomic mass is 9.97. The monoisotopic (exact) mass is 279 g/mol. The van der Waals surface area contributed by atoms with Gasteiger partial charge in [-0.25, -0.2) is 4.39 Å². The third kappa shape index (κ3) is 2.96. The first-order valence-electron chi connectivity index (χ1n) is 7.17. The van der Waals surface area contributed by atoms with Gasteiger partial charge in [0, 0.05) is 11.6 Å². The third-order valence-electron chi connectivity index (χ3n) is 3.88. The molecule has 21 heavy (non-hydrogen) atoms. The zero-order chi connectivity index (χ0) is 14.7. The fourth-order valence-electron chi connectivity index (χ4n) is 2.73. The van der Waals surface area contributed by atoms with Gasteiger partial charge in [-0.2, -0.15) is 0 Å². The second-order valence-electron chi connectivity index (χ2n) is 5.25. The van der Waals surface area contributed by atoms with E-state index < -0.39 is 0 Å². The summed E-state index contributed by atoms with van der Waals surface area (Å²) in [6, 6.07) is 21.7. The zero-order valence-electron chi connectivity index (χ0n) is 12.0. The van der Waals surface area contributed by atoms with Crippen LogP contribution in [-0.2, 0) is 6.42 Å². The fourth-order valence-corrected chi connectivity index (χ4v) is 2.73. The van der Waals surface area contributed by atoms with Crippen molar-refractivity contribution in [2.24, 2.45) is 0 Å². The molecule has 0 aromatic heterocycles. The summed E-state index contributed by atoms with van der Waals surface area (Å²) in [7, 11) is 1.87. The van der Waals surface area contributed by atoms with Gasteiger partial charge in [0.1, 0.15) is 5.82 Å². The molecule has 1 nitrogen and oxygen atoms in total. The van der Waals surface area contributed by atoms with E-state index in [-0.39, 0.29) is 11.9 Å². The van der Waals surface area contributed by atoms with E-state index in [1.165, 1.54) is 22.4 Å². The maximum absolute atomic E-state index is 13.9. The molecule has 0 saturated heterocycles. The van der Waals surface area contributed by atoms with Crippen LogP contribution in [0.25, 0.3) is 10.8 Å². The molecule has 0 amide bonds. The number of rotatable bonds is 4. The van der Waals surface area contributed by atoms with Gasteiger partial charge in [-0.05, 0) is 35.9 Å². The van der Waals surface area contributed by atoms with E-state index in [0.29, 0.717) is 5.56 Å². The van der Waals surface area contributed by atoms with Crippen molar-refractivity contribution in [3.63, 3.8) is 0 Å². The Morgan fingerprint density at radius 1 is 0.905 bits per heavy atom. The van der Waals surface area contributed by atoms with Crippen molar-refractivity contribution in [3.8, 4) is 0 Å². The summed E-state index contributed by atoms with van der Waals surface area (Å²) in [6.45, 7) is 0. The molecular formula is C19H18FN. The molecule has 3 aromatic carbocycles. The molecule has 0 spiro atoms. The number of fused-ring (bicyclic) bond motifs is 1. The van der Waals surface area contributed by atoms with Crippen molar-refractivity contribution in [2.75, 3.05) is 7.05 Å². The van der Waals surface area contributed by atoms with Crippen molar-refractivity contribution in [2.45, 2.75) is 12.5 Å². The number of benzene rings is 3. The van der Waals surface area contributed by atoms with Gasteiger partial charge < -0.3 is 5.32 Å². The highest BCUT2D eigenvalue weighted by Gasteiger charge is 2.14. The van der Waals surface area contributed by atoms with Crippen LogP contribution in [0.15, 0.2) is 66.7 Å². The van der Waals surface area contributed by atoms with Gasteiger partial charge in [0.2, 0.25) is 0 Å². The largest absolute Gasteiger partial charge is 0.313 e.